The lowest BCUT2D eigenvalue weighted by Gasteiger charge is -2.08. The molecule has 19 heavy (non-hydrogen) atoms. The van der Waals surface area contributed by atoms with E-state index in [1.54, 1.807) is 12.1 Å². The monoisotopic (exact) mass is 280 g/mol. The summed E-state index contributed by atoms with van der Waals surface area (Å²) in [5.74, 6) is 0.137. The van der Waals surface area contributed by atoms with E-state index >= 15 is 0 Å². The van der Waals surface area contributed by atoms with Crippen molar-refractivity contribution in [3.63, 3.8) is 0 Å². The number of nitro groups is 1. The fourth-order valence-corrected chi connectivity index (χ4v) is 1.63. The number of halogens is 1. The van der Waals surface area contributed by atoms with Crippen molar-refractivity contribution in [3.05, 3.63) is 57.2 Å². The van der Waals surface area contributed by atoms with E-state index in [0.717, 1.165) is 0 Å². The van der Waals surface area contributed by atoms with Crippen LogP contribution in [0.5, 0.6) is 11.6 Å². The van der Waals surface area contributed by atoms with Crippen LogP contribution in [0, 0.1) is 10.1 Å². The number of hydrogen-bond donors (Lipinski definition) is 1. The minimum absolute atomic E-state index is 0.0165. The van der Waals surface area contributed by atoms with Crippen LogP contribution >= 0.6 is 11.6 Å². The first kappa shape index (κ1) is 13.3. The molecule has 0 saturated heterocycles. The lowest BCUT2D eigenvalue weighted by atomic mass is 10.2. The number of benzene rings is 1. The summed E-state index contributed by atoms with van der Waals surface area (Å²) in [6, 6.07) is 7.30. The standard InChI is InChI=1S/C12H9ClN2O4/c13-9-3-4-11(10(6-9)15(17)18)19-12-8(7-16)2-1-5-14-12/h1-6,16H,7H2. The number of aliphatic hydroxyl groups is 1. The van der Waals surface area contributed by atoms with Crippen LogP contribution in [0.15, 0.2) is 36.5 Å². The molecule has 0 aliphatic carbocycles. The van der Waals surface area contributed by atoms with Gasteiger partial charge in [-0.25, -0.2) is 4.98 Å². The lowest BCUT2D eigenvalue weighted by Crippen LogP contribution is -1.97. The van der Waals surface area contributed by atoms with Gasteiger partial charge in [0, 0.05) is 22.8 Å². The molecule has 0 aliphatic heterocycles. The predicted molar refractivity (Wildman–Crippen MR) is 68.3 cm³/mol. The maximum absolute atomic E-state index is 10.9. The van der Waals surface area contributed by atoms with Gasteiger partial charge < -0.3 is 9.84 Å². The van der Waals surface area contributed by atoms with Gasteiger partial charge in [-0.2, -0.15) is 0 Å². The van der Waals surface area contributed by atoms with Gasteiger partial charge in [-0.15, -0.1) is 0 Å². The van der Waals surface area contributed by atoms with Gasteiger partial charge in [0.2, 0.25) is 11.6 Å². The Kier molecular flexibility index (Phi) is 3.94. The third kappa shape index (κ3) is 2.98. The summed E-state index contributed by atoms with van der Waals surface area (Å²) >= 11 is 5.71. The van der Waals surface area contributed by atoms with Crippen molar-refractivity contribution in [1.82, 2.24) is 4.98 Å². The van der Waals surface area contributed by atoms with Crippen molar-refractivity contribution in [2.24, 2.45) is 0 Å². The topological polar surface area (TPSA) is 85.5 Å². The molecule has 0 unspecified atom stereocenters. The normalized spacial score (nSPS) is 10.2. The van der Waals surface area contributed by atoms with Crippen molar-refractivity contribution in [2.75, 3.05) is 0 Å². The molecule has 7 heteroatoms. The molecule has 0 bridgehead atoms. The van der Waals surface area contributed by atoms with E-state index in [2.05, 4.69) is 4.98 Å². The Morgan fingerprint density at radius 2 is 2.21 bits per heavy atom. The third-order valence-corrected chi connectivity index (χ3v) is 2.58. The summed E-state index contributed by atoms with van der Waals surface area (Å²) in [5.41, 5.74) is 0.175. The highest BCUT2D eigenvalue weighted by Crippen LogP contribution is 2.33. The van der Waals surface area contributed by atoms with Crippen LogP contribution in [-0.4, -0.2) is 15.0 Å². The van der Waals surface area contributed by atoms with Crippen LogP contribution in [-0.2, 0) is 6.61 Å². The number of hydrogen-bond acceptors (Lipinski definition) is 5. The molecule has 1 aromatic carbocycles. The van der Waals surface area contributed by atoms with E-state index in [1.165, 1.54) is 24.4 Å². The van der Waals surface area contributed by atoms with Gasteiger partial charge in [0.25, 0.3) is 0 Å². The first-order valence-corrected chi connectivity index (χ1v) is 5.66. The van der Waals surface area contributed by atoms with E-state index in [4.69, 9.17) is 21.4 Å². The number of aromatic nitrogens is 1. The third-order valence-electron chi connectivity index (χ3n) is 2.34. The Hall–Kier alpha value is -2.18. The first-order chi connectivity index (χ1) is 9.11. The fraction of sp³-hybridized carbons (Fsp3) is 0.0833. The molecule has 0 spiro atoms. The smallest absolute Gasteiger partial charge is 0.313 e. The quantitative estimate of drug-likeness (QED) is 0.687. The summed E-state index contributed by atoms with van der Waals surface area (Å²) in [6.45, 7) is -0.273. The average Bonchev–Trinajstić information content (AvgIpc) is 2.41. The molecular formula is C12H9ClN2O4. The van der Waals surface area contributed by atoms with Crippen molar-refractivity contribution >= 4 is 17.3 Å². The van der Waals surface area contributed by atoms with E-state index < -0.39 is 4.92 Å². The number of nitrogens with zero attached hydrogens (tertiary/aromatic N) is 2. The maximum Gasteiger partial charge on any atom is 0.313 e. The Morgan fingerprint density at radius 1 is 1.42 bits per heavy atom. The molecule has 0 amide bonds. The highest BCUT2D eigenvalue weighted by molar-refractivity contribution is 6.30. The minimum Gasteiger partial charge on any atom is -0.431 e. The van der Waals surface area contributed by atoms with Crippen LogP contribution in [0.2, 0.25) is 5.02 Å². The highest BCUT2D eigenvalue weighted by Gasteiger charge is 2.17. The van der Waals surface area contributed by atoms with Crippen molar-refractivity contribution < 1.29 is 14.8 Å². The van der Waals surface area contributed by atoms with Crippen LogP contribution in [0.4, 0.5) is 5.69 Å². The van der Waals surface area contributed by atoms with Crippen LogP contribution in [0.3, 0.4) is 0 Å². The molecule has 2 aromatic rings. The Bertz CT molecular complexity index is 618. The number of pyridine rings is 1. The summed E-state index contributed by atoms with van der Waals surface area (Å²) in [4.78, 5) is 14.3. The number of aliphatic hydroxyl groups excluding tert-OH is 1. The predicted octanol–water partition coefficient (Wildman–Crippen LogP) is 2.93. The van der Waals surface area contributed by atoms with Crippen molar-refractivity contribution in [3.8, 4) is 11.6 Å². The summed E-state index contributed by atoms with van der Waals surface area (Å²) in [5, 5.41) is 20.3. The fourth-order valence-electron chi connectivity index (χ4n) is 1.46. The number of ether oxygens (including phenoxy) is 1. The lowest BCUT2D eigenvalue weighted by molar-refractivity contribution is -0.385. The SMILES string of the molecule is O=[N+]([O-])c1cc(Cl)ccc1Oc1ncccc1CO. The molecule has 6 nitrogen and oxygen atoms in total. The van der Waals surface area contributed by atoms with Gasteiger partial charge in [0.05, 0.1) is 11.5 Å². The molecule has 0 fully saturated rings. The summed E-state index contributed by atoms with van der Waals surface area (Å²) < 4.78 is 5.38. The van der Waals surface area contributed by atoms with E-state index in [-0.39, 0.29) is 28.9 Å². The molecule has 1 N–H and O–H groups in total. The van der Waals surface area contributed by atoms with Gasteiger partial charge in [0.1, 0.15) is 0 Å². The molecule has 0 atom stereocenters. The Morgan fingerprint density at radius 3 is 2.89 bits per heavy atom. The Labute approximate surface area is 113 Å². The van der Waals surface area contributed by atoms with E-state index in [9.17, 15) is 10.1 Å². The number of nitro benzene ring substituents is 1. The van der Waals surface area contributed by atoms with Crippen LogP contribution < -0.4 is 4.74 Å². The molecular weight excluding hydrogens is 272 g/mol. The summed E-state index contributed by atoms with van der Waals surface area (Å²) in [6.07, 6.45) is 1.47. The maximum atomic E-state index is 10.9. The molecule has 0 saturated carbocycles. The second-order valence-electron chi connectivity index (χ2n) is 3.60. The van der Waals surface area contributed by atoms with Crippen molar-refractivity contribution in [2.45, 2.75) is 6.61 Å². The highest BCUT2D eigenvalue weighted by atomic mass is 35.5. The van der Waals surface area contributed by atoms with Gasteiger partial charge in [-0.1, -0.05) is 11.6 Å². The molecule has 1 aromatic heterocycles. The molecule has 0 aliphatic rings. The number of rotatable bonds is 4. The molecule has 2 rings (SSSR count). The zero-order valence-corrected chi connectivity index (χ0v) is 10.4. The van der Waals surface area contributed by atoms with Crippen molar-refractivity contribution in [1.29, 1.82) is 0 Å². The average molecular weight is 281 g/mol. The minimum atomic E-state index is -0.594. The largest absolute Gasteiger partial charge is 0.431 e. The van der Waals surface area contributed by atoms with E-state index in [0.29, 0.717) is 5.56 Å². The first-order valence-electron chi connectivity index (χ1n) is 5.28. The van der Waals surface area contributed by atoms with Crippen LogP contribution in [0.1, 0.15) is 5.56 Å². The second kappa shape index (κ2) is 5.64. The Balaban J connectivity index is 2.41. The van der Waals surface area contributed by atoms with Gasteiger partial charge in [-0.3, -0.25) is 10.1 Å². The van der Waals surface area contributed by atoms with Gasteiger partial charge >= 0.3 is 5.69 Å². The molecule has 0 radical (unpaired) electrons. The second-order valence-corrected chi connectivity index (χ2v) is 4.03. The van der Waals surface area contributed by atoms with Gasteiger partial charge in [0.15, 0.2) is 0 Å². The molecule has 1 heterocycles. The van der Waals surface area contributed by atoms with E-state index in [1.807, 2.05) is 0 Å². The zero-order valence-electron chi connectivity index (χ0n) is 9.62. The van der Waals surface area contributed by atoms with Gasteiger partial charge in [-0.05, 0) is 24.3 Å². The zero-order chi connectivity index (χ0) is 13.8. The summed E-state index contributed by atoms with van der Waals surface area (Å²) in [7, 11) is 0. The molecule has 98 valence electrons. The van der Waals surface area contributed by atoms with Crippen LogP contribution in [0.25, 0.3) is 0 Å².